The highest BCUT2D eigenvalue weighted by atomic mass is 79.9. The Morgan fingerprint density at radius 2 is 1.75 bits per heavy atom. The van der Waals surface area contributed by atoms with Gasteiger partial charge in [-0.15, -0.1) is 0 Å². The Labute approximate surface area is 203 Å². The van der Waals surface area contributed by atoms with Gasteiger partial charge in [0.15, 0.2) is 0 Å². The van der Waals surface area contributed by atoms with Crippen LogP contribution in [0.15, 0.2) is 65.3 Å². The molecule has 0 aliphatic carbocycles. The highest BCUT2D eigenvalue weighted by Gasteiger charge is 2.15. The highest BCUT2D eigenvalue weighted by molar-refractivity contribution is 9.10. The Balaban J connectivity index is 1.33. The number of rotatable bonds is 5. The molecule has 0 unspecified atom stereocenters. The van der Waals surface area contributed by atoms with Gasteiger partial charge >= 0.3 is 0 Å². The smallest absolute Gasteiger partial charge is 0.127 e. The summed E-state index contributed by atoms with van der Waals surface area (Å²) < 4.78 is 6.78. The van der Waals surface area contributed by atoms with Crippen molar-refractivity contribution < 1.29 is 4.74 Å². The lowest BCUT2D eigenvalue weighted by atomic mass is 9.99. The van der Waals surface area contributed by atoms with Crippen LogP contribution in [0.25, 0.3) is 11.1 Å². The number of likely N-dealkylation sites (tertiary alicyclic amines) is 1. The second kappa shape index (κ2) is 11.0. The minimum Gasteiger partial charge on any atom is -0.492 e. The Hall–Kier alpha value is -2.32. The zero-order chi connectivity index (χ0) is 22.3. The van der Waals surface area contributed by atoms with Gasteiger partial charge in [-0.25, -0.2) is 4.98 Å². The monoisotopic (exact) mass is 508 g/mol. The number of halogens is 2. The predicted octanol–water partition coefficient (Wildman–Crippen LogP) is 6.68. The molecule has 0 amide bonds. The minimum atomic E-state index is 0.707. The lowest BCUT2D eigenvalue weighted by Crippen LogP contribution is -2.35. The van der Waals surface area contributed by atoms with E-state index >= 15 is 0 Å². The molecule has 1 aliphatic rings. The van der Waals surface area contributed by atoms with Crippen LogP contribution >= 0.6 is 27.5 Å². The van der Waals surface area contributed by atoms with Gasteiger partial charge in [-0.3, -0.25) is 4.90 Å². The van der Waals surface area contributed by atoms with E-state index in [2.05, 4.69) is 44.6 Å². The molecule has 32 heavy (non-hydrogen) atoms. The van der Waals surface area contributed by atoms with E-state index in [0.29, 0.717) is 5.69 Å². The van der Waals surface area contributed by atoms with E-state index < -0.39 is 0 Å². The van der Waals surface area contributed by atoms with Gasteiger partial charge in [0.1, 0.15) is 18.1 Å². The molecule has 1 saturated heterocycles. The summed E-state index contributed by atoms with van der Waals surface area (Å²) in [5.74, 6) is 8.07. The minimum absolute atomic E-state index is 0.707. The molecule has 2 aromatic carbocycles. The van der Waals surface area contributed by atoms with Crippen molar-refractivity contribution >= 4 is 27.5 Å². The summed E-state index contributed by atoms with van der Waals surface area (Å²) in [6.45, 7) is 6.41. The maximum Gasteiger partial charge on any atom is 0.127 e. The molecule has 0 spiro atoms. The second-order valence-corrected chi connectivity index (χ2v) is 9.50. The molecule has 0 N–H and O–H groups in total. The molecule has 0 bridgehead atoms. The first-order valence-corrected chi connectivity index (χ1v) is 12.1. The van der Waals surface area contributed by atoms with Crippen LogP contribution < -0.4 is 4.74 Å². The summed E-state index contributed by atoms with van der Waals surface area (Å²) in [7, 11) is 0. The molecule has 3 nitrogen and oxygen atoms in total. The molecule has 4 rings (SSSR count). The summed E-state index contributed by atoms with van der Waals surface area (Å²) in [4.78, 5) is 7.01. The number of benzene rings is 2. The van der Waals surface area contributed by atoms with Gasteiger partial charge in [-0.1, -0.05) is 36.6 Å². The van der Waals surface area contributed by atoms with E-state index in [0.717, 1.165) is 51.0 Å². The second-order valence-electron chi connectivity index (χ2n) is 8.21. The molecule has 164 valence electrons. The number of ether oxygens (including phenoxy) is 1. The molecule has 0 radical (unpaired) electrons. The van der Waals surface area contributed by atoms with Crippen molar-refractivity contribution in [3.63, 3.8) is 0 Å². The van der Waals surface area contributed by atoms with Gasteiger partial charge in [0.2, 0.25) is 0 Å². The standard InChI is InChI=1S/C27H26BrClN2O/c1-20-12-14-31(15-13-20)16-17-32-25-9-2-21(3-10-25)4-11-27-26(28)18-23(19-30-27)22-5-7-24(29)8-6-22/h2-3,5-10,18-20H,12-17H2,1H3. The molecule has 2 heterocycles. The number of pyridine rings is 1. The van der Waals surface area contributed by atoms with Gasteiger partial charge < -0.3 is 4.74 Å². The molecule has 5 heteroatoms. The van der Waals surface area contributed by atoms with E-state index in [4.69, 9.17) is 16.3 Å². The maximum absolute atomic E-state index is 5.97. The molecule has 1 aromatic heterocycles. The first-order chi connectivity index (χ1) is 15.6. The normalized spacial score (nSPS) is 14.6. The van der Waals surface area contributed by atoms with Crippen molar-refractivity contribution in [2.45, 2.75) is 19.8 Å². The van der Waals surface area contributed by atoms with E-state index in [-0.39, 0.29) is 0 Å². The molecule has 0 atom stereocenters. The Morgan fingerprint density at radius 3 is 2.44 bits per heavy atom. The lowest BCUT2D eigenvalue weighted by molar-refractivity contribution is 0.160. The van der Waals surface area contributed by atoms with Gasteiger partial charge in [0.25, 0.3) is 0 Å². The van der Waals surface area contributed by atoms with Crippen LogP contribution in [0, 0.1) is 17.8 Å². The predicted molar refractivity (Wildman–Crippen MR) is 135 cm³/mol. The molecule has 3 aromatic rings. The van der Waals surface area contributed by atoms with Crippen molar-refractivity contribution in [1.82, 2.24) is 9.88 Å². The molecular weight excluding hydrogens is 484 g/mol. The van der Waals surface area contributed by atoms with Crippen molar-refractivity contribution in [2.24, 2.45) is 5.92 Å². The summed E-state index contributed by atoms with van der Waals surface area (Å²) in [6.07, 6.45) is 4.42. The maximum atomic E-state index is 5.97. The Kier molecular flexibility index (Phi) is 7.86. The number of piperidine rings is 1. The lowest BCUT2D eigenvalue weighted by Gasteiger charge is -2.29. The highest BCUT2D eigenvalue weighted by Crippen LogP contribution is 2.25. The van der Waals surface area contributed by atoms with Crippen LogP contribution in [0.1, 0.15) is 31.0 Å². The topological polar surface area (TPSA) is 25.4 Å². The van der Waals surface area contributed by atoms with Crippen molar-refractivity contribution in [3.05, 3.63) is 81.5 Å². The van der Waals surface area contributed by atoms with Crippen LogP contribution in [-0.4, -0.2) is 36.1 Å². The number of hydrogen-bond donors (Lipinski definition) is 0. The fourth-order valence-corrected chi connectivity index (χ4v) is 4.25. The molecular formula is C27H26BrClN2O. The third-order valence-electron chi connectivity index (χ3n) is 5.75. The number of aromatic nitrogens is 1. The van der Waals surface area contributed by atoms with Crippen LogP contribution in [0.4, 0.5) is 0 Å². The first kappa shape index (κ1) is 22.9. The van der Waals surface area contributed by atoms with Gasteiger partial charge in [-0.2, -0.15) is 0 Å². The third kappa shape index (κ3) is 6.36. The van der Waals surface area contributed by atoms with Crippen LogP contribution in [0.2, 0.25) is 5.02 Å². The average molecular weight is 510 g/mol. The third-order valence-corrected chi connectivity index (χ3v) is 6.61. The fraction of sp³-hybridized carbons (Fsp3) is 0.296. The van der Waals surface area contributed by atoms with Gasteiger partial charge in [0.05, 0.1) is 4.47 Å². The van der Waals surface area contributed by atoms with Crippen molar-refractivity contribution in [3.8, 4) is 28.7 Å². The zero-order valence-electron chi connectivity index (χ0n) is 18.2. The fourth-order valence-electron chi connectivity index (χ4n) is 3.67. The van der Waals surface area contributed by atoms with E-state index in [9.17, 15) is 0 Å². The van der Waals surface area contributed by atoms with Crippen LogP contribution in [-0.2, 0) is 0 Å². The summed E-state index contributed by atoms with van der Waals surface area (Å²) in [5, 5.41) is 0.719. The Morgan fingerprint density at radius 1 is 1.03 bits per heavy atom. The van der Waals surface area contributed by atoms with Crippen molar-refractivity contribution in [2.75, 3.05) is 26.2 Å². The Bertz CT molecular complexity index is 1100. The van der Waals surface area contributed by atoms with Gasteiger partial charge in [0, 0.05) is 28.9 Å². The van der Waals surface area contributed by atoms with Crippen LogP contribution in [0.5, 0.6) is 5.75 Å². The average Bonchev–Trinajstić information content (AvgIpc) is 2.81. The summed E-state index contributed by atoms with van der Waals surface area (Å²) in [6, 6.07) is 17.7. The summed E-state index contributed by atoms with van der Waals surface area (Å²) in [5.41, 5.74) is 3.71. The summed E-state index contributed by atoms with van der Waals surface area (Å²) >= 11 is 9.57. The molecule has 1 aliphatic heterocycles. The van der Waals surface area contributed by atoms with Crippen LogP contribution in [0.3, 0.4) is 0 Å². The SMILES string of the molecule is CC1CCN(CCOc2ccc(C#Cc3ncc(-c4ccc(Cl)cc4)cc3Br)cc2)CC1. The number of hydrogen-bond acceptors (Lipinski definition) is 3. The van der Waals surface area contributed by atoms with Crippen molar-refractivity contribution in [1.29, 1.82) is 0 Å². The van der Waals surface area contributed by atoms with E-state index in [1.54, 1.807) is 0 Å². The molecule has 1 fully saturated rings. The number of nitrogens with zero attached hydrogens (tertiary/aromatic N) is 2. The largest absolute Gasteiger partial charge is 0.492 e. The molecule has 0 saturated carbocycles. The quantitative estimate of drug-likeness (QED) is 0.359. The zero-order valence-corrected chi connectivity index (χ0v) is 20.5. The van der Waals surface area contributed by atoms with E-state index in [1.165, 1.54) is 25.9 Å². The first-order valence-electron chi connectivity index (χ1n) is 11.0. The van der Waals surface area contributed by atoms with Gasteiger partial charge in [-0.05, 0) is 102 Å². The van der Waals surface area contributed by atoms with E-state index in [1.807, 2.05) is 60.8 Å².